The molecule has 0 aromatic carbocycles. The van der Waals surface area contributed by atoms with Gasteiger partial charge in [0.15, 0.2) is 0 Å². The van der Waals surface area contributed by atoms with Crippen LogP contribution >= 0.6 is 0 Å². The van der Waals surface area contributed by atoms with Crippen LogP contribution in [0.5, 0.6) is 0 Å². The predicted octanol–water partition coefficient (Wildman–Crippen LogP) is 0.258. The fourth-order valence-corrected chi connectivity index (χ4v) is 1.12. The van der Waals surface area contributed by atoms with Gasteiger partial charge in [0.05, 0.1) is 39.3 Å². The minimum absolute atomic E-state index is 0.232. The number of ether oxygens (including phenoxy) is 2. The summed E-state index contributed by atoms with van der Waals surface area (Å²) >= 11 is 0. The van der Waals surface area contributed by atoms with E-state index in [0.29, 0.717) is 19.8 Å². The molecule has 0 amide bonds. The molecule has 1 aliphatic heterocycles. The summed E-state index contributed by atoms with van der Waals surface area (Å²) in [5, 5.41) is 6.02. The smallest absolute Gasteiger partial charge is 0.311 e. The third kappa shape index (κ3) is 4.23. The SMILES string of the molecule is CCOC(=O)CC=NN1CCOCC1. The number of hydrazone groups is 1. The molecule has 0 aromatic rings. The average Bonchev–Trinajstić information content (AvgIpc) is 2.20. The zero-order chi connectivity index (χ0) is 10.2. The van der Waals surface area contributed by atoms with Crippen LogP contribution in [-0.4, -0.2) is 50.1 Å². The number of rotatable bonds is 4. The van der Waals surface area contributed by atoms with Crippen molar-refractivity contribution in [2.24, 2.45) is 5.10 Å². The molecule has 1 heterocycles. The van der Waals surface area contributed by atoms with E-state index in [2.05, 4.69) is 5.10 Å². The molecule has 0 aromatic heterocycles. The zero-order valence-corrected chi connectivity index (χ0v) is 8.44. The van der Waals surface area contributed by atoms with E-state index in [1.165, 1.54) is 0 Å². The molecule has 80 valence electrons. The van der Waals surface area contributed by atoms with Gasteiger partial charge in [-0.2, -0.15) is 5.10 Å². The number of carbonyl (C=O) groups excluding carboxylic acids is 1. The lowest BCUT2D eigenvalue weighted by Gasteiger charge is -2.23. The van der Waals surface area contributed by atoms with E-state index in [-0.39, 0.29) is 12.4 Å². The van der Waals surface area contributed by atoms with Crippen LogP contribution in [0.25, 0.3) is 0 Å². The van der Waals surface area contributed by atoms with Crippen LogP contribution in [0.3, 0.4) is 0 Å². The van der Waals surface area contributed by atoms with Gasteiger partial charge in [0, 0.05) is 6.21 Å². The number of nitrogens with zero attached hydrogens (tertiary/aromatic N) is 2. The summed E-state index contributed by atoms with van der Waals surface area (Å²) in [7, 11) is 0. The molecule has 0 aliphatic carbocycles. The Morgan fingerprint density at radius 1 is 1.57 bits per heavy atom. The van der Waals surface area contributed by atoms with Crippen LogP contribution in [-0.2, 0) is 14.3 Å². The molecule has 5 nitrogen and oxygen atoms in total. The van der Waals surface area contributed by atoms with E-state index in [4.69, 9.17) is 9.47 Å². The highest BCUT2D eigenvalue weighted by Gasteiger charge is 2.06. The second kappa shape index (κ2) is 6.37. The standard InChI is InChI=1S/C9H16N2O3/c1-2-14-9(12)3-4-10-11-5-7-13-8-6-11/h4H,2-3,5-8H2,1H3. The fraction of sp³-hybridized carbons (Fsp3) is 0.778. The van der Waals surface area contributed by atoms with Gasteiger partial charge in [0.2, 0.25) is 0 Å². The third-order valence-corrected chi connectivity index (χ3v) is 1.80. The minimum atomic E-state index is -0.232. The molecule has 0 atom stereocenters. The molecule has 1 aliphatic rings. The summed E-state index contributed by atoms with van der Waals surface area (Å²) in [6.45, 7) is 5.20. The number of esters is 1. The van der Waals surface area contributed by atoms with Crippen molar-refractivity contribution in [2.75, 3.05) is 32.9 Å². The molecule has 0 unspecified atom stereocenters. The first kappa shape index (κ1) is 11.0. The van der Waals surface area contributed by atoms with Gasteiger partial charge in [-0.05, 0) is 6.92 Å². The Morgan fingerprint density at radius 2 is 2.29 bits per heavy atom. The van der Waals surface area contributed by atoms with Crippen LogP contribution in [0.1, 0.15) is 13.3 Å². The van der Waals surface area contributed by atoms with Crippen LogP contribution in [0.15, 0.2) is 5.10 Å². The minimum Gasteiger partial charge on any atom is -0.466 e. The molecule has 0 N–H and O–H groups in total. The molecule has 1 saturated heterocycles. The molecule has 0 bridgehead atoms. The maximum Gasteiger partial charge on any atom is 0.311 e. The molecular weight excluding hydrogens is 184 g/mol. The van der Waals surface area contributed by atoms with E-state index in [1.807, 2.05) is 5.01 Å². The fourth-order valence-electron chi connectivity index (χ4n) is 1.12. The quantitative estimate of drug-likeness (QED) is 0.482. The maximum absolute atomic E-state index is 10.9. The van der Waals surface area contributed by atoms with Crippen LogP contribution in [0, 0.1) is 0 Å². The monoisotopic (exact) mass is 200 g/mol. The highest BCUT2D eigenvalue weighted by Crippen LogP contribution is 1.96. The van der Waals surface area contributed by atoms with Crippen molar-refractivity contribution >= 4 is 12.2 Å². The first-order valence-electron chi connectivity index (χ1n) is 4.83. The summed E-state index contributed by atoms with van der Waals surface area (Å²) in [5.74, 6) is -0.232. The summed E-state index contributed by atoms with van der Waals surface area (Å²) in [5.41, 5.74) is 0. The predicted molar refractivity (Wildman–Crippen MR) is 52.1 cm³/mol. The van der Waals surface area contributed by atoms with Gasteiger partial charge in [0.25, 0.3) is 0 Å². The average molecular weight is 200 g/mol. The van der Waals surface area contributed by atoms with Crippen LogP contribution in [0.4, 0.5) is 0 Å². The Hall–Kier alpha value is -1.10. The lowest BCUT2D eigenvalue weighted by atomic mass is 10.5. The van der Waals surface area contributed by atoms with Crippen molar-refractivity contribution in [3.8, 4) is 0 Å². The van der Waals surface area contributed by atoms with Crippen molar-refractivity contribution in [1.29, 1.82) is 0 Å². The Bertz CT molecular complexity index is 200. The van der Waals surface area contributed by atoms with Gasteiger partial charge < -0.3 is 9.47 Å². The number of carbonyl (C=O) groups is 1. The normalized spacial score (nSPS) is 17.4. The highest BCUT2D eigenvalue weighted by atomic mass is 16.5. The summed E-state index contributed by atoms with van der Waals surface area (Å²) < 4.78 is 9.92. The van der Waals surface area contributed by atoms with Crippen LogP contribution in [0.2, 0.25) is 0 Å². The molecule has 5 heteroatoms. The van der Waals surface area contributed by atoms with Crippen molar-refractivity contribution < 1.29 is 14.3 Å². The van der Waals surface area contributed by atoms with Crippen molar-refractivity contribution in [3.63, 3.8) is 0 Å². The first-order chi connectivity index (χ1) is 6.83. The van der Waals surface area contributed by atoms with Gasteiger partial charge in [-0.3, -0.25) is 9.80 Å². The largest absolute Gasteiger partial charge is 0.466 e. The number of morpholine rings is 1. The van der Waals surface area contributed by atoms with Gasteiger partial charge in [-0.25, -0.2) is 0 Å². The lowest BCUT2D eigenvalue weighted by Crippen LogP contribution is -2.32. The summed E-state index contributed by atoms with van der Waals surface area (Å²) in [6.07, 6.45) is 1.83. The van der Waals surface area contributed by atoms with Gasteiger partial charge in [-0.1, -0.05) is 0 Å². The van der Waals surface area contributed by atoms with Crippen molar-refractivity contribution in [3.05, 3.63) is 0 Å². The van der Waals surface area contributed by atoms with Gasteiger partial charge >= 0.3 is 5.97 Å². The third-order valence-electron chi connectivity index (χ3n) is 1.80. The molecule has 1 rings (SSSR count). The second-order valence-corrected chi connectivity index (χ2v) is 2.87. The highest BCUT2D eigenvalue weighted by molar-refractivity contribution is 5.85. The van der Waals surface area contributed by atoms with Crippen molar-refractivity contribution in [1.82, 2.24) is 5.01 Å². The van der Waals surface area contributed by atoms with E-state index >= 15 is 0 Å². The topological polar surface area (TPSA) is 51.1 Å². The second-order valence-electron chi connectivity index (χ2n) is 2.87. The molecule has 0 radical (unpaired) electrons. The number of hydrogen-bond donors (Lipinski definition) is 0. The molecule has 0 spiro atoms. The van der Waals surface area contributed by atoms with Gasteiger partial charge in [0.1, 0.15) is 0 Å². The molecule has 0 saturated carbocycles. The Kier molecular flexibility index (Phi) is 4.99. The van der Waals surface area contributed by atoms with E-state index in [1.54, 1.807) is 13.1 Å². The van der Waals surface area contributed by atoms with Crippen molar-refractivity contribution in [2.45, 2.75) is 13.3 Å². The summed E-state index contributed by atoms with van der Waals surface area (Å²) in [6, 6.07) is 0. The molecule has 1 fully saturated rings. The Labute approximate surface area is 83.7 Å². The lowest BCUT2D eigenvalue weighted by molar-refractivity contribution is -0.141. The van der Waals surface area contributed by atoms with Gasteiger partial charge in [-0.15, -0.1) is 0 Å². The van der Waals surface area contributed by atoms with E-state index < -0.39 is 0 Å². The maximum atomic E-state index is 10.9. The number of hydrogen-bond acceptors (Lipinski definition) is 5. The van der Waals surface area contributed by atoms with E-state index in [9.17, 15) is 4.79 Å². The van der Waals surface area contributed by atoms with E-state index in [0.717, 1.165) is 13.1 Å². The Morgan fingerprint density at radius 3 is 2.93 bits per heavy atom. The first-order valence-corrected chi connectivity index (χ1v) is 4.83. The summed E-state index contributed by atoms with van der Waals surface area (Å²) in [4.78, 5) is 10.9. The Balaban J connectivity index is 2.15. The molecular formula is C9H16N2O3. The zero-order valence-electron chi connectivity index (χ0n) is 8.44. The van der Waals surface area contributed by atoms with Crippen LogP contribution < -0.4 is 0 Å². The molecule has 14 heavy (non-hydrogen) atoms.